The fourth-order valence-electron chi connectivity index (χ4n) is 3.80. The Morgan fingerprint density at radius 2 is 2.07 bits per heavy atom. The van der Waals surface area contributed by atoms with E-state index in [9.17, 15) is 13.2 Å². The first-order valence-electron chi connectivity index (χ1n) is 10.1. The van der Waals surface area contributed by atoms with Gasteiger partial charge in [-0.1, -0.05) is 6.07 Å². The number of hydrogen-bond donors (Lipinski definition) is 1. The predicted octanol–water partition coefficient (Wildman–Crippen LogP) is 3.16. The van der Waals surface area contributed by atoms with E-state index in [1.54, 1.807) is 0 Å². The van der Waals surface area contributed by atoms with E-state index in [-0.39, 0.29) is 41.8 Å². The SMILES string of the molecule is CCNC(=NCc1c(F)cccc1OC(F)F)N1CCC(CN2CCOCC2)C1.I. The van der Waals surface area contributed by atoms with Crippen molar-refractivity contribution in [2.24, 2.45) is 10.9 Å². The molecule has 2 fully saturated rings. The van der Waals surface area contributed by atoms with Crippen LogP contribution in [0.25, 0.3) is 0 Å². The number of halogens is 4. The third kappa shape index (κ3) is 7.16. The average Bonchev–Trinajstić information content (AvgIpc) is 3.15. The normalized spacial score (nSPS) is 20.4. The van der Waals surface area contributed by atoms with Crippen LogP contribution in [0.5, 0.6) is 5.75 Å². The standard InChI is InChI=1S/C20H29F3N4O2.HI/c1-2-24-20(25-12-16-17(21)4-3-5-18(16)29-19(22)23)27-7-6-15(14-27)13-26-8-10-28-11-9-26;/h3-5,15,19H,2,6-14H2,1H3,(H,24,25);1H. The molecule has 0 amide bonds. The molecule has 2 aliphatic rings. The summed E-state index contributed by atoms with van der Waals surface area (Å²) in [6.07, 6.45) is 1.06. The number of aliphatic imine (C=N–C) groups is 1. The summed E-state index contributed by atoms with van der Waals surface area (Å²) in [4.78, 5) is 9.09. The first-order chi connectivity index (χ1) is 14.1. The topological polar surface area (TPSA) is 49.3 Å². The molecule has 1 aromatic carbocycles. The Hall–Kier alpha value is -1.27. The smallest absolute Gasteiger partial charge is 0.387 e. The number of likely N-dealkylation sites (tertiary alicyclic amines) is 1. The number of ether oxygens (including phenoxy) is 2. The molecule has 0 aromatic heterocycles. The number of nitrogens with zero attached hydrogens (tertiary/aromatic N) is 3. The van der Waals surface area contributed by atoms with Crippen LogP contribution in [0, 0.1) is 11.7 Å². The number of guanidine groups is 1. The van der Waals surface area contributed by atoms with E-state index in [0.29, 0.717) is 18.4 Å². The minimum atomic E-state index is -3.01. The lowest BCUT2D eigenvalue weighted by molar-refractivity contribution is -0.0506. The van der Waals surface area contributed by atoms with E-state index >= 15 is 0 Å². The first-order valence-corrected chi connectivity index (χ1v) is 10.1. The van der Waals surface area contributed by atoms with Crippen LogP contribution >= 0.6 is 24.0 Å². The van der Waals surface area contributed by atoms with Gasteiger partial charge >= 0.3 is 6.61 Å². The van der Waals surface area contributed by atoms with Gasteiger partial charge in [-0.2, -0.15) is 8.78 Å². The van der Waals surface area contributed by atoms with Crippen molar-refractivity contribution >= 4 is 29.9 Å². The predicted molar refractivity (Wildman–Crippen MR) is 120 cm³/mol. The summed E-state index contributed by atoms with van der Waals surface area (Å²) in [6.45, 7) is 5.80. The second-order valence-corrected chi connectivity index (χ2v) is 7.28. The van der Waals surface area contributed by atoms with Gasteiger partial charge in [0, 0.05) is 39.3 Å². The van der Waals surface area contributed by atoms with Crippen LogP contribution in [0.3, 0.4) is 0 Å². The van der Waals surface area contributed by atoms with Crippen LogP contribution in [-0.4, -0.2) is 74.9 Å². The van der Waals surface area contributed by atoms with Crippen LogP contribution in [0.4, 0.5) is 13.2 Å². The maximum Gasteiger partial charge on any atom is 0.387 e. The van der Waals surface area contributed by atoms with Gasteiger partial charge in [0.25, 0.3) is 0 Å². The average molecular weight is 542 g/mol. The zero-order valence-electron chi connectivity index (χ0n) is 17.2. The Morgan fingerprint density at radius 3 is 2.77 bits per heavy atom. The third-order valence-electron chi connectivity index (χ3n) is 5.22. The van der Waals surface area contributed by atoms with E-state index < -0.39 is 12.4 Å². The summed E-state index contributed by atoms with van der Waals surface area (Å²) < 4.78 is 49.3. The van der Waals surface area contributed by atoms with E-state index in [4.69, 9.17) is 4.74 Å². The van der Waals surface area contributed by atoms with Crippen LogP contribution in [0.1, 0.15) is 18.9 Å². The quantitative estimate of drug-likeness (QED) is 0.326. The summed E-state index contributed by atoms with van der Waals surface area (Å²) in [7, 11) is 0. The molecule has 1 atom stereocenters. The number of nitrogens with one attached hydrogen (secondary N) is 1. The number of morpholine rings is 1. The van der Waals surface area contributed by atoms with Gasteiger partial charge in [-0.3, -0.25) is 4.90 Å². The fourth-order valence-corrected chi connectivity index (χ4v) is 3.80. The van der Waals surface area contributed by atoms with E-state index in [0.717, 1.165) is 52.4 Å². The molecule has 6 nitrogen and oxygen atoms in total. The third-order valence-corrected chi connectivity index (χ3v) is 5.22. The largest absolute Gasteiger partial charge is 0.434 e. The van der Waals surface area contributed by atoms with Crippen molar-refractivity contribution < 1.29 is 22.6 Å². The molecule has 1 aromatic rings. The van der Waals surface area contributed by atoms with Gasteiger partial charge < -0.3 is 19.7 Å². The summed E-state index contributed by atoms with van der Waals surface area (Å²) in [6, 6.07) is 3.91. The molecule has 0 spiro atoms. The first kappa shape index (κ1) is 25.0. The zero-order chi connectivity index (χ0) is 20.6. The van der Waals surface area contributed by atoms with E-state index in [1.807, 2.05) is 6.92 Å². The van der Waals surface area contributed by atoms with E-state index in [2.05, 4.69) is 24.8 Å². The minimum Gasteiger partial charge on any atom is -0.434 e. The van der Waals surface area contributed by atoms with Crippen molar-refractivity contribution in [3.05, 3.63) is 29.6 Å². The second-order valence-electron chi connectivity index (χ2n) is 7.28. The molecule has 0 radical (unpaired) electrons. The van der Waals surface area contributed by atoms with Gasteiger partial charge in [-0.05, 0) is 31.4 Å². The molecule has 10 heteroatoms. The van der Waals surface area contributed by atoms with Crippen LogP contribution < -0.4 is 10.1 Å². The molecule has 0 aliphatic carbocycles. The fraction of sp³-hybridized carbons (Fsp3) is 0.650. The lowest BCUT2D eigenvalue weighted by Crippen LogP contribution is -2.42. The number of alkyl halides is 2. The number of rotatable bonds is 7. The molecule has 2 saturated heterocycles. The van der Waals surface area contributed by atoms with Gasteiger partial charge in [-0.25, -0.2) is 9.38 Å². The van der Waals surface area contributed by atoms with Crippen molar-refractivity contribution in [3.63, 3.8) is 0 Å². The molecule has 2 heterocycles. The highest BCUT2D eigenvalue weighted by atomic mass is 127. The summed E-state index contributed by atoms with van der Waals surface area (Å²) >= 11 is 0. The maximum absolute atomic E-state index is 14.2. The van der Waals surface area contributed by atoms with Gasteiger partial charge in [0.1, 0.15) is 11.6 Å². The molecule has 1 N–H and O–H groups in total. The van der Waals surface area contributed by atoms with Gasteiger partial charge in [0.05, 0.1) is 25.3 Å². The Bertz CT molecular complexity index is 690. The van der Waals surface area contributed by atoms with Gasteiger partial charge in [-0.15, -0.1) is 24.0 Å². The second kappa shape index (κ2) is 12.6. The molecule has 0 saturated carbocycles. The summed E-state index contributed by atoms with van der Waals surface area (Å²) in [5.74, 6) is 0.423. The van der Waals surface area contributed by atoms with Gasteiger partial charge in [0.15, 0.2) is 5.96 Å². The van der Waals surface area contributed by atoms with Crippen LogP contribution in [0.2, 0.25) is 0 Å². The number of benzene rings is 1. The summed E-state index contributed by atoms with van der Waals surface area (Å²) in [5, 5.41) is 3.23. The van der Waals surface area contributed by atoms with Crippen LogP contribution in [0.15, 0.2) is 23.2 Å². The molecule has 3 rings (SSSR count). The molecule has 2 aliphatic heterocycles. The molecule has 0 bridgehead atoms. The highest BCUT2D eigenvalue weighted by molar-refractivity contribution is 14.0. The summed E-state index contributed by atoms with van der Waals surface area (Å²) in [5.41, 5.74) is 0.0345. The Kier molecular flexibility index (Phi) is 10.5. The minimum absolute atomic E-state index is 0. The van der Waals surface area contributed by atoms with E-state index in [1.165, 1.54) is 18.2 Å². The molecule has 170 valence electrons. The highest BCUT2D eigenvalue weighted by Gasteiger charge is 2.27. The van der Waals surface area contributed by atoms with Crippen molar-refractivity contribution in [1.82, 2.24) is 15.1 Å². The Labute approximate surface area is 192 Å². The molecular weight excluding hydrogens is 512 g/mol. The van der Waals surface area contributed by atoms with Gasteiger partial charge in [0.2, 0.25) is 0 Å². The van der Waals surface area contributed by atoms with Crippen molar-refractivity contribution in [2.75, 3.05) is 52.5 Å². The van der Waals surface area contributed by atoms with Crippen LogP contribution in [-0.2, 0) is 11.3 Å². The zero-order valence-corrected chi connectivity index (χ0v) is 19.5. The molecule has 1 unspecified atom stereocenters. The number of hydrogen-bond acceptors (Lipinski definition) is 4. The highest BCUT2D eigenvalue weighted by Crippen LogP contribution is 2.25. The Morgan fingerprint density at radius 1 is 1.30 bits per heavy atom. The van der Waals surface area contributed by atoms with Crippen molar-refractivity contribution in [1.29, 1.82) is 0 Å². The molecule has 30 heavy (non-hydrogen) atoms. The van der Waals surface area contributed by atoms with Crippen molar-refractivity contribution in [2.45, 2.75) is 26.5 Å². The van der Waals surface area contributed by atoms with Crippen molar-refractivity contribution in [3.8, 4) is 5.75 Å². The lowest BCUT2D eigenvalue weighted by Gasteiger charge is -2.29. The monoisotopic (exact) mass is 542 g/mol. The maximum atomic E-state index is 14.2. The molecular formula is C20H30F3IN4O2. The lowest BCUT2D eigenvalue weighted by atomic mass is 10.1. The Balaban J connectivity index is 0.00000320.